The minimum absolute atomic E-state index is 0.129. The van der Waals surface area contributed by atoms with E-state index in [-0.39, 0.29) is 18.4 Å². The maximum absolute atomic E-state index is 12.6. The van der Waals surface area contributed by atoms with Gasteiger partial charge in [-0.15, -0.1) is 0 Å². The largest absolute Gasteiger partial charge is 0.490 e. The number of carbonyl (C=O) groups excluding carboxylic acids is 2. The number of ether oxygens (including phenoxy) is 1. The summed E-state index contributed by atoms with van der Waals surface area (Å²) in [4.78, 5) is 29.9. The Kier molecular flexibility index (Phi) is 4.93. The van der Waals surface area contributed by atoms with Crippen LogP contribution in [0.3, 0.4) is 0 Å². The molecule has 2 N–H and O–H groups in total. The summed E-state index contributed by atoms with van der Waals surface area (Å²) >= 11 is 0. The highest BCUT2D eigenvalue weighted by Crippen LogP contribution is 2.31. The van der Waals surface area contributed by atoms with E-state index in [2.05, 4.69) is 10.8 Å². The number of para-hydroxylation sites is 2. The van der Waals surface area contributed by atoms with Gasteiger partial charge in [-0.1, -0.05) is 42.5 Å². The first-order valence-corrected chi connectivity index (χ1v) is 8.85. The lowest BCUT2D eigenvalue weighted by Crippen LogP contribution is -2.27. The molecule has 6 nitrogen and oxygen atoms in total. The SMILES string of the molecule is O=C(NOc1ccc([C@H]2COc3ccccc3NC2=O)cc1)c1ccccc1. The molecule has 2 amide bonds. The highest BCUT2D eigenvalue weighted by molar-refractivity contribution is 5.98. The first-order valence-electron chi connectivity index (χ1n) is 8.85. The molecule has 6 heteroatoms. The number of benzene rings is 3. The van der Waals surface area contributed by atoms with Gasteiger partial charge in [-0.2, -0.15) is 5.48 Å². The number of hydroxylamine groups is 1. The number of amides is 2. The molecule has 0 saturated carbocycles. The first kappa shape index (κ1) is 17.6. The van der Waals surface area contributed by atoms with Crippen LogP contribution in [0.1, 0.15) is 21.8 Å². The third-order valence-corrected chi connectivity index (χ3v) is 4.45. The van der Waals surface area contributed by atoms with E-state index in [0.29, 0.717) is 22.7 Å². The highest BCUT2D eigenvalue weighted by Gasteiger charge is 2.26. The van der Waals surface area contributed by atoms with E-state index in [1.54, 1.807) is 48.5 Å². The molecule has 1 heterocycles. The monoisotopic (exact) mass is 374 g/mol. The smallest absolute Gasteiger partial charge is 0.283 e. The molecule has 0 saturated heterocycles. The molecule has 28 heavy (non-hydrogen) atoms. The Hall–Kier alpha value is -3.80. The summed E-state index contributed by atoms with van der Waals surface area (Å²) < 4.78 is 5.77. The fourth-order valence-electron chi connectivity index (χ4n) is 2.93. The van der Waals surface area contributed by atoms with Crippen molar-refractivity contribution >= 4 is 17.5 Å². The topological polar surface area (TPSA) is 76.7 Å². The van der Waals surface area contributed by atoms with E-state index in [0.717, 1.165) is 5.56 Å². The first-order chi connectivity index (χ1) is 13.7. The van der Waals surface area contributed by atoms with Gasteiger partial charge in [-0.3, -0.25) is 9.59 Å². The van der Waals surface area contributed by atoms with Crippen LogP contribution in [0.4, 0.5) is 5.69 Å². The maximum Gasteiger partial charge on any atom is 0.283 e. The number of hydrogen-bond donors (Lipinski definition) is 2. The van der Waals surface area contributed by atoms with Gasteiger partial charge in [0.1, 0.15) is 12.4 Å². The van der Waals surface area contributed by atoms with Gasteiger partial charge in [0.2, 0.25) is 5.91 Å². The molecule has 0 aromatic heterocycles. The zero-order valence-electron chi connectivity index (χ0n) is 14.9. The molecule has 1 aliphatic rings. The van der Waals surface area contributed by atoms with Gasteiger partial charge < -0.3 is 14.9 Å². The Labute approximate surface area is 162 Å². The van der Waals surface area contributed by atoms with Crippen molar-refractivity contribution in [3.8, 4) is 11.5 Å². The number of rotatable bonds is 4. The van der Waals surface area contributed by atoms with Crippen molar-refractivity contribution in [2.45, 2.75) is 5.92 Å². The van der Waals surface area contributed by atoms with Gasteiger partial charge in [0.05, 0.1) is 11.6 Å². The molecule has 1 atom stereocenters. The third kappa shape index (κ3) is 3.81. The molecule has 140 valence electrons. The van der Waals surface area contributed by atoms with Crippen molar-refractivity contribution in [1.29, 1.82) is 0 Å². The van der Waals surface area contributed by atoms with Crippen molar-refractivity contribution in [2.75, 3.05) is 11.9 Å². The van der Waals surface area contributed by atoms with Crippen LogP contribution in [0.2, 0.25) is 0 Å². The third-order valence-electron chi connectivity index (χ3n) is 4.45. The summed E-state index contributed by atoms with van der Waals surface area (Å²) in [5.41, 5.74) is 4.37. The van der Waals surface area contributed by atoms with Crippen LogP contribution in [0.5, 0.6) is 11.5 Å². The van der Waals surface area contributed by atoms with Gasteiger partial charge in [0, 0.05) is 5.56 Å². The summed E-state index contributed by atoms with van der Waals surface area (Å²) in [7, 11) is 0. The number of carbonyl (C=O) groups is 2. The van der Waals surface area contributed by atoms with Crippen LogP contribution >= 0.6 is 0 Å². The van der Waals surface area contributed by atoms with Crippen LogP contribution in [0.15, 0.2) is 78.9 Å². The fourth-order valence-corrected chi connectivity index (χ4v) is 2.93. The predicted octanol–water partition coefficient (Wildman–Crippen LogP) is 3.53. The molecule has 1 aliphatic heterocycles. The van der Waals surface area contributed by atoms with Crippen molar-refractivity contribution in [3.63, 3.8) is 0 Å². The van der Waals surface area contributed by atoms with Crippen LogP contribution in [0.25, 0.3) is 0 Å². The van der Waals surface area contributed by atoms with Crippen molar-refractivity contribution < 1.29 is 19.2 Å². The summed E-state index contributed by atoms with van der Waals surface area (Å²) in [6, 6.07) is 23.1. The normalized spacial score (nSPS) is 15.4. The summed E-state index contributed by atoms with van der Waals surface area (Å²) in [5, 5.41) is 2.89. The van der Waals surface area contributed by atoms with Crippen molar-refractivity contribution in [2.24, 2.45) is 0 Å². The Morgan fingerprint density at radius 2 is 1.68 bits per heavy atom. The average molecular weight is 374 g/mol. The molecule has 4 rings (SSSR count). The Morgan fingerprint density at radius 1 is 0.964 bits per heavy atom. The van der Waals surface area contributed by atoms with Gasteiger partial charge in [0.15, 0.2) is 5.75 Å². The minimum atomic E-state index is -0.444. The zero-order valence-corrected chi connectivity index (χ0v) is 14.9. The van der Waals surface area contributed by atoms with Gasteiger partial charge in [-0.05, 0) is 42.0 Å². The van der Waals surface area contributed by atoms with Crippen molar-refractivity contribution in [3.05, 3.63) is 90.0 Å². The minimum Gasteiger partial charge on any atom is -0.490 e. The average Bonchev–Trinajstić information content (AvgIpc) is 2.91. The molecular formula is C22H18N2O4. The number of fused-ring (bicyclic) bond motifs is 1. The Morgan fingerprint density at radius 3 is 2.46 bits per heavy atom. The van der Waals surface area contributed by atoms with E-state index in [1.807, 2.05) is 30.3 Å². The maximum atomic E-state index is 12.6. The van der Waals surface area contributed by atoms with Crippen LogP contribution < -0.4 is 20.4 Å². The molecule has 0 spiro atoms. The predicted molar refractivity (Wildman–Crippen MR) is 104 cm³/mol. The molecule has 0 bridgehead atoms. The van der Waals surface area contributed by atoms with Crippen molar-refractivity contribution in [1.82, 2.24) is 5.48 Å². The Bertz CT molecular complexity index is 987. The number of hydrogen-bond acceptors (Lipinski definition) is 4. The lowest BCUT2D eigenvalue weighted by molar-refractivity contribution is -0.117. The fraction of sp³-hybridized carbons (Fsp3) is 0.0909. The quantitative estimate of drug-likeness (QED) is 0.685. The van der Waals surface area contributed by atoms with Gasteiger partial charge in [-0.25, -0.2) is 0 Å². The summed E-state index contributed by atoms with van der Waals surface area (Å²) in [5.74, 6) is 0.212. The van der Waals surface area contributed by atoms with E-state index >= 15 is 0 Å². The van der Waals surface area contributed by atoms with E-state index in [9.17, 15) is 9.59 Å². The molecule has 0 radical (unpaired) electrons. The second-order valence-corrected chi connectivity index (χ2v) is 6.32. The standard InChI is InChI=1S/C22H18N2O4/c25-21(16-6-2-1-3-7-16)24-28-17-12-10-15(11-13-17)18-14-27-20-9-5-4-8-19(20)23-22(18)26/h1-13,18H,14H2,(H,23,26)(H,24,25)/t18-/m1/s1. The molecule has 0 fully saturated rings. The van der Waals surface area contributed by atoms with E-state index in [4.69, 9.17) is 9.57 Å². The van der Waals surface area contributed by atoms with E-state index in [1.165, 1.54) is 0 Å². The van der Waals surface area contributed by atoms with Crippen LogP contribution in [-0.2, 0) is 4.79 Å². The molecule has 3 aromatic carbocycles. The Balaban J connectivity index is 1.41. The second-order valence-electron chi connectivity index (χ2n) is 6.32. The lowest BCUT2D eigenvalue weighted by Gasteiger charge is -2.14. The molecule has 0 aliphatic carbocycles. The second kappa shape index (κ2) is 7.84. The van der Waals surface area contributed by atoms with Gasteiger partial charge >= 0.3 is 0 Å². The molecule has 3 aromatic rings. The van der Waals surface area contributed by atoms with Crippen LogP contribution in [-0.4, -0.2) is 18.4 Å². The molecular weight excluding hydrogens is 356 g/mol. The summed E-state index contributed by atoms with van der Waals surface area (Å²) in [6.45, 7) is 0.244. The molecule has 0 unspecified atom stereocenters. The number of nitrogens with one attached hydrogen (secondary N) is 2. The highest BCUT2D eigenvalue weighted by atomic mass is 16.7. The van der Waals surface area contributed by atoms with Gasteiger partial charge in [0.25, 0.3) is 5.91 Å². The van der Waals surface area contributed by atoms with E-state index < -0.39 is 5.92 Å². The lowest BCUT2D eigenvalue weighted by atomic mass is 9.99. The number of anilines is 1. The zero-order chi connectivity index (χ0) is 19.3. The van der Waals surface area contributed by atoms with Crippen LogP contribution in [0, 0.1) is 0 Å². The summed E-state index contributed by atoms with van der Waals surface area (Å²) in [6.07, 6.45) is 0.